The fourth-order valence-corrected chi connectivity index (χ4v) is 2.28. The van der Waals surface area contributed by atoms with Crippen LogP contribution in [0.1, 0.15) is 19.4 Å². The van der Waals surface area contributed by atoms with E-state index in [0.29, 0.717) is 12.2 Å². The maximum absolute atomic E-state index is 10.9. The molecule has 1 aliphatic rings. The Morgan fingerprint density at radius 3 is 2.56 bits per heavy atom. The largest absolute Gasteiger partial charge is 0.487 e. The number of hydrogen-bond acceptors (Lipinski definition) is 3. The van der Waals surface area contributed by atoms with E-state index in [2.05, 4.69) is 0 Å². The summed E-state index contributed by atoms with van der Waals surface area (Å²) in [5.41, 5.74) is 0.510. The zero-order chi connectivity index (χ0) is 11.3. The third-order valence-corrected chi connectivity index (χ3v) is 3.18. The van der Waals surface area contributed by atoms with E-state index in [4.69, 9.17) is 9.29 Å². The van der Waals surface area contributed by atoms with Crippen LogP contribution in [0.15, 0.2) is 23.1 Å². The minimum Gasteiger partial charge on any atom is -0.487 e. The summed E-state index contributed by atoms with van der Waals surface area (Å²) in [6.45, 7) is 3.86. The lowest BCUT2D eigenvalue weighted by Gasteiger charge is -2.16. The minimum absolute atomic E-state index is 0. The molecular weight excluding hydrogens is 252 g/mol. The second kappa shape index (κ2) is 3.91. The maximum atomic E-state index is 10.9. The molecule has 0 unspecified atom stereocenters. The van der Waals surface area contributed by atoms with Crippen molar-refractivity contribution in [2.45, 2.75) is 30.8 Å². The first kappa shape index (κ1) is 13.3. The number of benzene rings is 1. The van der Waals surface area contributed by atoms with Crippen LogP contribution in [0, 0.1) is 0 Å². The predicted molar refractivity (Wildman–Crippen MR) is 61.9 cm³/mol. The van der Waals surface area contributed by atoms with Crippen molar-refractivity contribution in [3.05, 3.63) is 23.8 Å². The molecular formula is C10H13ClO4S. The average molecular weight is 265 g/mol. The van der Waals surface area contributed by atoms with Crippen molar-refractivity contribution >= 4 is 22.5 Å². The van der Waals surface area contributed by atoms with Gasteiger partial charge in [0.2, 0.25) is 0 Å². The Morgan fingerprint density at radius 1 is 1.38 bits per heavy atom. The van der Waals surface area contributed by atoms with Gasteiger partial charge >= 0.3 is 0 Å². The van der Waals surface area contributed by atoms with Crippen LogP contribution in [-0.2, 0) is 16.5 Å². The van der Waals surface area contributed by atoms with Gasteiger partial charge in [0, 0.05) is 6.42 Å². The summed E-state index contributed by atoms with van der Waals surface area (Å²) in [5.74, 6) is 0.687. The van der Waals surface area contributed by atoms with Gasteiger partial charge in [-0.2, -0.15) is 8.42 Å². The van der Waals surface area contributed by atoms with Crippen LogP contribution in [0.3, 0.4) is 0 Å². The van der Waals surface area contributed by atoms with E-state index in [1.807, 2.05) is 13.8 Å². The molecule has 1 aliphatic heterocycles. The molecule has 4 nitrogen and oxygen atoms in total. The molecule has 1 heterocycles. The highest BCUT2D eigenvalue weighted by atomic mass is 35.5. The van der Waals surface area contributed by atoms with Crippen LogP contribution in [0.25, 0.3) is 0 Å². The SMILES string of the molecule is CC1(C)Cc2cc(S(=O)(=O)O)ccc2O1.Cl. The van der Waals surface area contributed by atoms with Gasteiger partial charge < -0.3 is 4.74 Å². The molecule has 1 aromatic carbocycles. The fraction of sp³-hybridized carbons (Fsp3) is 0.400. The summed E-state index contributed by atoms with van der Waals surface area (Å²) in [6, 6.07) is 4.38. The van der Waals surface area contributed by atoms with E-state index in [-0.39, 0.29) is 22.9 Å². The van der Waals surface area contributed by atoms with Gasteiger partial charge in [-0.3, -0.25) is 4.55 Å². The normalized spacial score (nSPS) is 17.2. The number of rotatable bonds is 1. The molecule has 1 aromatic rings. The summed E-state index contributed by atoms with van der Waals surface area (Å²) in [5, 5.41) is 0. The predicted octanol–water partition coefficient (Wildman–Crippen LogP) is 2.07. The van der Waals surface area contributed by atoms with Gasteiger partial charge in [0.25, 0.3) is 10.1 Å². The van der Waals surface area contributed by atoms with E-state index >= 15 is 0 Å². The number of ether oxygens (including phenoxy) is 1. The van der Waals surface area contributed by atoms with Crippen molar-refractivity contribution in [2.24, 2.45) is 0 Å². The smallest absolute Gasteiger partial charge is 0.294 e. The molecule has 90 valence electrons. The van der Waals surface area contributed by atoms with E-state index in [0.717, 1.165) is 5.56 Å². The molecule has 6 heteroatoms. The Hall–Kier alpha value is -0.780. The average Bonchev–Trinajstić information content (AvgIpc) is 2.34. The first-order valence-corrected chi connectivity index (χ1v) is 6.01. The standard InChI is InChI=1S/C10H12O4S.ClH/c1-10(2)6-7-5-8(15(11,12)13)3-4-9(7)14-10;/h3-5H,6H2,1-2H3,(H,11,12,13);1H. The number of hydrogen-bond donors (Lipinski definition) is 1. The van der Waals surface area contributed by atoms with Crippen LogP contribution < -0.4 is 4.74 Å². The maximum Gasteiger partial charge on any atom is 0.294 e. The van der Waals surface area contributed by atoms with Crippen LogP contribution in [0.2, 0.25) is 0 Å². The Bertz CT molecular complexity index is 508. The van der Waals surface area contributed by atoms with Gasteiger partial charge in [-0.25, -0.2) is 0 Å². The monoisotopic (exact) mass is 264 g/mol. The Balaban J connectivity index is 0.00000128. The Labute approximate surface area is 101 Å². The van der Waals surface area contributed by atoms with Gasteiger partial charge in [0.1, 0.15) is 11.4 Å². The number of halogens is 1. The zero-order valence-electron chi connectivity index (χ0n) is 8.93. The van der Waals surface area contributed by atoms with Crippen molar-refractivity contribution in [3.8, 4) is 5.75 Å². The molecule has 0 atom stereocenters. The molecule has 1 N–H and O–H groups in total. The topological polar surface area (TPSA) is 63.6 Å². The quantitative estimate of drug-likeness (QED) is 0.789. The highest BCUT2D eigenvalue weighted by Crippen LogP contribution is 2.35. The summed E-state index contributed by atoms with van der Waals surface area (Å²) < 4.78 is 36.3. The van der Waals surface area contributed by atoms with Crippen LogP contribution in [0.5, 0.6) is 5.75 Å². The van der Waals surface area contributed by atoms with E-state index < -0.39 is 10.1 Å². The van der Waals surface area contributed by atoms with Crippen LogP contribution >= 0.6 is 12.4 Å². The lowest BCUT2D eigenvalue weighted by molar-refractivity contribution is 0.138. The molecule has 0 aliphatic carbocycles. The molecule has 0 saturated carbocycles. The molecule has 0 bridgehead atoms. The third-order valence-electron chi connectivity index (χ3n) is 2.33. The van der Waals surface area contributed by atoms with Crippen molar-refractivity contribution in [2.75, 3.05) is 0 Å². The van der Waals surface area contributed by atoms with E-state index in [9.17, 15) is 8.42 Å². The summed E-state index contributed by atoms with van der Waals surface area (Å²) in [6.07, 6.45) is 0.645. The lowest BCUT2D eigenvalue weighted by Crippen LogP contribution is -2.24. The van der Waals surface area contributed by atoms with Crippen LogP contribution in [0.4, 0.5) is 0 Å². The highest BCUT2D eigenvalue weighted by molar-refractivity contribution is 7.85. The van der Waals surface area contributed by atoms with Gasteiger partial charge in [-0.05, 0) is 37.6 Å². The number of fused-ring (bicyclic) bond motifs is 1. The second-order valence-corrected chi connectivity index (χ2v) is 5.70. The summed E-state index contributed by atoms with van der Waals surface area (Å²) in [4.78, 5) is -0.0810. The van der Waals surface area contributed by atoms with Gasteiger partial charge in [0.05, 0.1) is 4.90 Å². The van der Waals surface area contributed by atoms with Gasteiger partial charge in [-0.15, -0.1) is 12.4 Å². The summed E-state index contributed by atoms with van der Waals surface area (Å²) in [7, 11) is -4.12. The highest BCUT2D eigenvalue weighted by Gasteiger charge is 2.30. The molecule has 0 fully saturated rings. The summed E-state index contributed by atoms with van der Waals surface area (Å²) >= 11 is 0. The molecule has 0 radical (unpaired) electrons. The Kier molecular flexibility index (Phi) is 3.24. The van der Waals surface area contributed by atoms with Gasteiger partial charge in [-0.1, -0.05) is 0 Å². The Morgan fingerprint density at radius 2 is 2.00 bits per heavy atom. The van der Waals surface area contributed by atoms with Crippen molar-refractivity contribution in [1.29, 1.82) is 0 Å². The molecule has 0 aromatic heterocycles. The second-order valence-electron chi connectivity index (χ2n) is 4.28. The molecule has 0 amide bonds. The molecule has 0 spiro atoms. The molecule has 16 heavy (non-hydrogen) atoms. The van der Waals surface area contributed by atoms with Crippen LogP contribution in [-0.4, -0.2) is 18.6 Å². The molecule has 0 saturated heterocycles. The molecule has 2 rings (SSSR count). The van der Waals surface area contributed by atoms with E-state index in [1.54, 1.807) is 6.07 Å². The lowest BCUT2D eigenvalue weighted by atomic mass is 10.0. The zero-order valence-corrected chi connectivity index (χ0v) is 10.6. The first-order chi connectivity index (χ1) is 6.78. The fourth-order valence-electron chi connectivity index (χ4n) is 1.75. The van der Waals surface area contributed by atoms with E-state index in [1.165, 1.54) is 12.1 Å². The van der Waals surface area contributed by atoms with Gasteiger partial charge in [0.15, 0.2) is 0 Å². The minimum atomic E-state index is -4.12. The first-order valence-electron chi connectivity index (χ1n) is 4.57. The van der Waals surface area contributed by atoms with Crippen molar-refractivity contribution < 1.29 is 17.7 Å². The van der Waals surface area contributed by atoms with Crippen molar-refractivity contribution in [1.82, 2.24) is 0 Å². The van der Waals surface area contributed by atoms with Crippen molar-refractivity contribution in [3.63, 3.8) is 0 Å². The third kappa shape index (κ3) is 2.48.